The molecule has 0 aliphatic carbocycles. The van der Waals surface area contributed by atoms with Crippen molar-refractivity contribution < 1.29 is 4.39 Å². The van der Waals surface area contributed by atoms with Crippen LogP contribution in [0.3, 0.4) is 0 Å². The maximum atomic E-state index is 13.2. The molecule has 0 amide bonds. The molecule has 1 saturated heterocycles. The summed E-state index contributed by atoms with van der Waals surface area (Å²) >= 11 is 5.85. The molecule has 0 spiro atoms. The van der Waals surface area contributed by atoms with Gasteiger partial charge in [0.1, 0.15) is 5.82 Å². The summed E-state index contributed by atoms with van der Waals surface area (Å²) in [7, 11) is 2.01. The summed E-state index contributed by atoms with van der Waals surface area (Å²) in [4.78, 5) is 2.42. The van der Waals surface area contributed by atoms with Gasteiger partial charge >= 0.3 is 0 Å². The van der Waals surface area contributed by atoms with E-state index < -0.39 is 0 Å². The van der Waals surface area contributed by atoms with E-state index in [0.717, 1.165) is 18.7 Å². The lowest BCUT2D eigenvalue weighted by Crippen LogP contribution is -2.45. The number of likely N-dealkylation sites (tertiary alicyclic amines) is 1. The largest absolute Gasteiger partial charge is 0.316 e. The monoisotopic (exact) mass is 306 g/mol. The van der Waals surface area contributed by atoms with Crippen molar-refractivity contribution >= 4 is 24.0 Å². The molecule has 19 heavy (non-hydrogen) atoms. The lowest BCUT2D eigenvalue weighted by Gasteiger charge is -2.37. The number of hydrogen-bond acceptors (Lipinski definition) is 2. The van der Waals surface area contributed by atoms with E-state index in [1.54, 1.807) is 6.07 Å². The Balaban J connectivity index is 0.00000180. The van der Waals surface area contributed by atoms with E-state index in [2.05, 4.69) is 17.1 Å². The van der Waals surface area contributed by atoms with Crippen LogP contribution < -0.4 is 5.32 Å². The topological polar surface area (TPSA) is 15.3 Å². The molecule has 1 N–H and O–H groups in total. The molecule has 1 aromatic carbocycles. The normalized spacial score (nSPS) is 21.8. The second-order valence-electron chi connectivity index (χ2n) is 4.97. The van der Waals surface area contributed by atoms with Crippen LogP contribution in [0.2, 0.25) is 5.02 Å². The van der Waals surface area contributed by atoms with Crippen LogP contribution in [0.5, 0.6) is 0 Å². The fraction of sp³-hybridized carbons (Fsp3) is 0.571. The van der Waals surface area contributed by atoms with Gasteiger partial charge in [0, 0.05) is 18.6 Å². The van der Waals surface area contributed by atoms with E-state index in [0.29, 0.717) is 6.04 Å². The van der Waals surface area contributed by atoms with E-state index in [9.17, 15) is 4.39 Å². The van der Waals surface area contributed by atoms with Gasteiger partial charge in [-0.15, -0.1) is 12.4 Å². The minimum absolute atomic E-state index is 0. The third-order valence-corrected chi connectivity index (χ3v) is 4.12. The third-order valence-electron chi connectivity index (χ3n) is 3.83. The predicted octanol–water partition coefficient (Wildman–Crippen LogP) is 3.65. The van der Waals surface area contributed by atoms with Crippen molar-refractivity contribution in [2.24, 2.45) is 0 Å². The van der Waals surface area contributed by atoms with Crippen LogP contribution in [0, 0.1) is 5.82 Å². The molecule has 0 saturated carbocycles. The summed E-state index contributed by atoms with van der Waals surface area (Å²) in [5.41, 5.74) is 1.08. The molecule has 1 aliphatic rings. The number of benzene rings is 1. The Morgan fingerprint density at radius 3 is 2.84 bits per heavy atom. The lowest BCUT2D eigenvalue weighted by atomic mass is 10.0. The number of hydrogen-bond donors (Lipinski definition) is 1. The molecule has 2 nitrogen and oxygen atoms in total. The van der Waals surface area contributed by atoms with Gasteiger partial charge in [0.05, 0.1) is 5.02 Å². The van der Waals surface area contributed by atoms with Crippen LogP contribution in [0.4, 0.5) is 4.39 Å². The van der Waals surface area contributed by atoms with Crippen LogP contribution in [-0.4, -0.2) is 31.1 Å². The van der Waals surface area contributed by atoms with E-state index >= 15 is 0 Å². The molecule has 0 aromatic heterocycles. The van der Waals surface area contributed by atoms with Crippen LogP contribution in [0.25, 0.3) is 0 Å². The molecule has 5 heteroatoms. The molecule has 1 heterocycles. The lowest BCUT2D eigenvalue weighted by molar-refractivity contribution is 0.149. The van der Waals surface area contributed by atoms with Gasteiger partial charge in [-0.25, -0.2) is 4.39 Å². The Hall–Kier alpha value is -0.350. The van der Waals surface area contributed by atoms with E-state index in [1.165, 1.54) is 18.9 Å². The minimum atomic E-state index is -0.348. The molecule has 1 aliphatic heterocycles. The summed E-state index contributed by atoms with van der Waals surface area (Å²) in [5, 5.41) is 3.54. The Morgan fingerprint density at radius 2 is 2.21 bits per heavy atom. The zero-order valence-corrected chi connectivity index (χ0v) is 12.9. The minimum Gasteiger partial charge on any atom is -0.316 e. The fourth-order valence-corrected chi connectivity index (χ4v) is 2.77. The number of nitrogens with one attached hydrogen (secondary N) is 1. The Bertz CT molecular complexity index is 414. The highest BCUT2D eigenvalue weighted by Crippen LogP contribution is 2.27. The Labute approximate surface area is 125 Å². The second kappa shape index (κ2) is 7.44. The number of nitrogens with zero attached hydrogens (tertiary/aromatic N) is 1. The standard InChI is InChI=1S/C14H20ClFN2.ClH/c1-10(11-5-6-14(16)13(15)8-11)18-7-3-4-12(9-18)17-2;/h5-6,8,10,12,17H,3-4,7,9H2,1-2H3;1H. The Morgan fingerprint density at radius 1 is 1.47 bits per heavy atom. The van der Waals surface area contributed by atoms with Gasteiger partial charge in [-0.3, -0.25) is 4.90 Å². The van der Waals surface area contributed by atoms with Gasteiger partial charge in [-0.1, -0.05) is 17.7 Å². The Kier molecular flexibility index (Phi) is 6.54. The van der Waals surface area contributed by atoms with Crippen LogP contribution in [-0.2, 0) is 0 Å². The summed E-state index contributed by atoms with van der Waals surface area (Å²) in [6, 6.07) is 5.85. The van der Waals surface area contributed by atoms with E-state index in [4.69, 9.17) is 11.6 Å². The molecule has 0 radical (unpaired) electrons. The third kappa shape index (κ3) is 4.06. The van der Waals surface area contributed by atoms with E-state index in [-0.39, 0.29) is 29.3 Å². The highest BCUT2D eigenvalue weighted by molar-refractivity contribution is 6.30. The number of halogens is 3. The summed E-state index contributed by atoms with van der Waals surface area (Å²) in [5.74, 6) is -0.348. The summed E-state index contributed by atoms with van der Waals surface area (Å²) in [6.07, 6.45) is 2.43. The molecule has 2 unspecified atom stereocenters. The van der Waals surface area contributed by atoms with Crippen molar-refractivity contribution in [2.75, 3.05) is 20.1 Å². The van der Waals surface area contributed by atoms with Gasteiger partial charge in [0.15, 0.2) is 0 Å². The highest BCUT2D eigenvalue weighted by Gasteiger charge is 2.23. The number of piperidine rings is 1. The molecule has 108 valence electrons. The van der Waals surface area contributed by atoms with Crippen molar-refractivity contribution in [2.45, 2.75) is 31.8 Å². The van der Waals surface area contributed by atoms with Crippen LogP contribution >= 0.6 is 24.0 Å². The SMILES string of the molecule is CNC1CCCN(C(C)c2ccc(F)c(Cl)c2)C1.Cl. The number of rotatable bonds is 3. The molecule has 2 rings (SSSR count). The average molecular weight is 307 g/mol. The first-order valence-electron chi connectivity index (χ1n) is 6.48. The number of likely N-dealkylation sites (N-methyl/N-ethyl adjacent to an activating group) is 1. The summed E-state index contributed by atoms with van der Waals surface area (Å²) < 4.78 is 13.2. The maximum absolute atomic E-state index is 13.2. The highest BCUT2D eigenvalue weighted by atomic mass is 35.5. The molecular formula is C14H21Cl2FN2. The second-order valence-corrected chi connectivity index (χ2v) is 5.38. The molecule has 1 aromatic rings. The van der Waals surface area contributed by atoms with Crippen LogP contribution in [0.15, 0.2) is 18.2 Å². The molecule has 1 fully saturated rings. The predicted molar refractivity (Wildman–Crippen MR) is 80.7 cm³/mol. The molecule has 2 atom stereocenters. The van der Waals surface area contributed by atoms with Crippen molar-refractivity contribution in [3.63, 3.8) is 0 Å². The average Bonchev–Trinajstić information content (AvgIpc) is 2.41. The zero-order chi connectivity index (χ0) is 13.1. The molecule has 0 bridgehead atoms. The van der Waals surface area contributed by atoms with Gasteiger partial charge in [0.2, 0.25) is 0 Å². The van der Waals surface area contributed by atoms with Crippen LogP contribution in [0.1, 0.15) is 31.4 Å². The van der Waals surface area contributed by atoms with Gasteiger partial charge < -0.3 is 5.32 Å². The van der Waals surface area contributed by atoms with Crippen molar-refractivity contribution in [3.05, 3.63) is 34.6 Å². The molecular weight excluding hydrogens is 286 g/mol. The van der Waals surface area contributed by atoms with Gasteiger partial charge in [-0.05, 0) is 51.1 Å². The first-order chi connectivity index (χ1) is 8.61. The summed E-state index contributed by atoms with van der Waals surface area (Å²) in [6.45, 7) is 4.28. The van der Waals surface area contributed by atoms with Crippen molar-refractivity contribution in [1.29, 1.82) is 0 Å². The van der Waals surface area contributed by atoms with Crippen molar-refractivity contribution in [1.82, 2.24) is 10.2 Å². The smallest absolute Gasteiger partial charge is 0.141 e. The first kappa shape index (κ1) is 16.7. The fourth-order valence-electron chi connectivity index (χ4n) is 2.58. The maximum Gasteiger partial charge on any atom is 0.141 e. The van der Waals surface area contributed by atoms with Gasteiger partial charge in [-0.2, -0.15) is 0 Å². The van der Waals surface area contributed by atoms with Gasteiger partial charge in [0.25, 0.3) is 0 Å². The van der Waals surface area contributed by atoms with Crippen molar-refractivity contribution in [3.8, 4) is 0 Å². The van der Waals surface area contributed by atoms with E-state index in [1.807, 2.05) is 13.1 Å². The quantitative estimate of drug-likeness (QED) is 0.917. The zero-order valence-electron chi connectivity index (χ0n) is 11.3. The first-order valence-corrected chi connectivity index (χ1v) is 6.86.